The third-order valence-corrected chi connectivity index (χ3v) is 3.25. The van der Waals surface area contributed by atoms with Gasteiger partial charge in [-0.25, -0.2) is 0 Å². The van der Waals surface area contributed by atoms with Crippen molar-refractivity contribution in [1.82, 2.24) is 15.0 Å². The van der Waals surface area contributed by atoms with E-state index in [1.807, 2.05) is 12.1 Å². The highest BCUT2D eigenvalue weighted by molar-refractivity contribution is 5.55. The molecule has 2 aromatic rings. The van der Waals surface area contributed by atoms with Crippen molar-refractivity contribution in [1.29, 1.82) is 5.26 Å². The van der Waals surface area contributed by atoms with E-state index in [0.717, 1.165) is 31.6 Å². The maximum atomic E-state index is 8.89. The van der Waals surface area contributed by atoms with E-state index in [0.29, 0.717) is 17.3 Å². The Labute approximate surface area is 118 Å². The van der Waals surface area contributed by atoms with Gasteiger partial charge in [0.1, 0.15) is 0 Å². The molecule has 0 atom stereocenters. The van der Waals surface area contributed by atoms with Crippen LogP contribution in [-0.2, 0) is 6.42 Å². The summed E-state index contributed by atoms with van der Waals surface area (Å²) in [6.45, 7) is 7.23. The molecule has 0 aliphatic rings. The molecule has 0 unspecified atom stereocenters. The van der Waals surface area contributed by atoms with Crippen LogP contribution in [0.3, 0.4) is 0 Å². The second-order valence-corrected chi connectivity index (χ2v) is 4.49. The SMILES string of the molecule is CCN(CC)CCc1noc(-c2cccc(C#N)c2)n1. The highest BCUT2D eigenvalue weighted by Gasteiger charge is 2.10. The first kappa shape index (κ1) is 14.2. The van der Waals surface area contributed by atoms with Crippen molar-refractivity contribution >= 4 is 0 Å². The fraction of sp³-hybridized carbons (Fsp3) is 0.400. The number of likely N-dealkylation sites (N-methyl/N-ethyl adjacent to an activating group) is 1. The van der Waals surface area contributed by atoms with Crippen molar-refractivity contribution in [3.8, 4) is 17.5 Å². The van der Waals surface area contributed by atoms with Crippen LogP contribution < -0.4 is 0 Å². The van der Waals surface area contributed by atoms with Crippen molar-refractivity contribution in [2.45, 2.75) is 20.3 Å². The number of nitrogens with zero attached hydrogens (tertiary/aromatic N) is 4. The fourth-order valence-electron chi connectivity index (χ4n) is 1.99. The summed E-state index contributed by atoms with van der Waals surface area (Å²) in [5.74, 6) is 1.17. The first-order valence-electron chi connectivity index (χ1n) is 6.82. The van der Waals surface area contributed by atoms with Crippen LogP contribution in [0.25, 0.3) is 11.5 Å². The number of nitriles is 1. The normalized spacial score (nSPS) is 10.7. The monoisotopic (exact) mass is 270 g/mol. The molecule has 0 bridgehead atoms. The molecule has 5 nitrogen and oxygen atoms in total. The zero-order valence-electron chi connectivity index (χ0n) is 11.8. The Balaban J connectivity index is 2.07. The Morgan fingerprint density at radius 3 is 2.80 bits per heavy atom. The zero-order chi connectivity index (χ0) is 14.4. The number of aromatic nitrogens is 2. The molecule has 0 saturated heterocycles. The molecule has 0 fully saturated rings. The van der Waals surface area contributed by atoms with Crippen LogP contribution in [0.4, 0.5) is 0 Å². The van der Waals surface area contributed by atoms with Crippen molar-refractivity contribution < 1.29 is 4.52 Å². The predicted molar refractivity (Wildman–Crippen MR) is 75.9 cm³/mol. The van der Waals surface area contributed by atoms with E-state index in [1.165, 1.54) is 0 Å². The summed E-state index contributed by atoms with van der Waals surface area (Å²) in [4.78, 5) is 6.69. The minimum atomic E-state index is 0.469. The van der Waals surface area contributed by atoms with E-state index in [9.17, 15) is 0 Å². The molecule has 1 heterocycles. The third kappa shape index (κ3) is 3.43. The van der Waals surface area contributed by atoms with E-state index in [-0.39, 0.29) is 0 Å². The largest absolute Gasteiger partial charge is 0.334 e. The molecule has 0 radical (unpaired) electrons. The topological polar surface area (TPSA) is 66.0 Å². The van der Waals surface area contributed by atoms with Crippen LogP contribution in [0, 0.1) is 11.3 Å². The average molecular weight is 270 g/mol. The Morgan fingerprint density at radius 2 is 2.10 bits per heavy atom. The van der Waals surface area contributed by atoms with Crippen LogP contribution in [0.1, 0.15) is 25.2 Å². The molecule has 0 saturated carbocycles. The summed E-state index contributed by atoms with van der Waals surface area (Å²) in [5.41, 5.74) is 1.37. The molecule has 5 heteroatoms. The Bertz CT molecular complexity index is 596. The van der Waals surface area contributed by atoms with Crippen molar-refractivity contribution in [2.24, 2.45) is 0 Å². The van der Waals surface area contributed by atoms with Gasteiger partial charge in [0, 0.05) is 18.5 Å². The van der Waals surface area contributed by atoms with E-state index in [2.05, 4.69) is 35.0 Å². The fourth-order valence-corrected chi connectivity index (χ4v) is 1.99. The van der Waals surface area contributed by atoms with Crippen LogP contribution >= 0.6 is 0 Å². The lowest BCUT2D eigenvalue weighted by Gasteiger charge is -2.16. The smallest absolute Gasteiger partial charge is 0.257 e. The molecule has 1 aromatic heterocycles. The highest BCUT2D eigenvalue weighted by atomic mass is 16.5. The van der Waals surface area contributed by atoms with Crippen LogP contribution in [-0.4, -0.2) is 34.7 Å². The molecule has 1 aromatic carbocycles. The Kier molecular flexibility index (Phi) is 4.85. The van der Waals surface area contributed by atoms with Crippen molar-refractivity contribution in [3.05, 3.63) is 35.7 Å². The molecule has 0 amide bonds. The maximum absolute atomic E-state index is 8.89. The number of rotatable bonds is 6. The molecule has 20 heavy (non-hydrogen) atoms. The first-order chi connectivity index (χ1) is 9.76. The van der Waals surface area contributed by atoms with Gasteiger partial charge in [0.05, 0.1) is 11.6 Å². The summed E-state index contributed by atoms with van der Waals surface area (Å²) >= 11 is 0. The molecule has 0 N–H and O–H groups in total. The lowest BCUT2D eigenvalue weighted by molar-refractivity contribution is 0.303. The number of hydrogen-bond donors (Lipinski definition) is 0. The second kappa shape index (κ2) is 6.83. The van der Waals surface area contributed by atoms with Gasteiger partial charge in [0.2, 0.25) is 0 Å². The standard InChI is InChI=1S/C15H18N4O/c1-3-19(4-2)9-8-14-17-15(20-18-14)13-7-5-6-12(10-13)11-16/h5-7,10H,3-4,8-9H2,1-2H3. The predicted octanol–water partition coefficient (Wildman–Crippen LogP) is 2.49. The number of benzene rings is 1. The number of hydrogen-bond acceptors (Lipinski definition) is 5. The summed E-state index contributed by atoms with van der Waals surface area (Å²) in [5, 5.41) is 12.9. The van der Waals surface area contributed by atoms with Gasteiger partial charge in [0.15, 0.2) is 5.82 Å². The second-order valence-electron chi connectivity index (χ2n) is 4.49. The average Bonchev–Trinajstić information content (AvgIpc) is 2.97. The summed E-state index contributed by atoms with van der Waals surface area (Å²) in [6.07, 6.45) is 0.767. The van der Waals surface area contributed by atoms with E-state index >= 15 is 0 Å². The van der Waals surface area contributed by atoms with Crippen molar-refractivity contribution in [3.63, 3.8) is 0 Å². The van der Waals surface area contributed by atoms with Gasteiger partial charge in [-0.2, -0.15) is 10.2 Å². The molecular weight excluding hydrogens is 252 g/mol. The van der Waals surface area contributed by atoms with Gasteiger partial charge in [-0.3, -0.25) is 0 Å². The van der Waals surface area contributed by atoms with Crippen LogP contribution in [0.2, 0.25) is 0 Å². The van der Waals surface area contributed by atoms with E-state index in [4.69, 9.17) is 9.78 Å². The van der Waals surface area contributed by atoms with Gasteiger partial charge in [-0.1, -0.05) is 25.1 Å². The van der Waals surface area contributed by atoms with Gasteiger partial charge < -0.3 is 9.42 Å². The minimum Gasteiger partial charge on any atom is -0.334 e. The van der Waals surface area contributed by atoms with Gasteiger partial charge in [0.25, 0.3) is 5.89 Å². The Morgan fingerprint density at radius 1 is 1.30 bits per heavy atom. The third-order valence-electron chi connectivity index (χ3n) is 3.25. The molecule has 0 aliphatic carbocycles. The highest BCUT2D eigenvalue weighted by Crippen LogP contribution is 2.18. The van der Waals surface area contributed by atoms with E-state index < -0.39 is 0 Å². The molecule has 2 rings (SSSR count). The lowest BCUT2D eigenvalue weighted by atomic mass is 10.1. The summed E-state index contributed by atoms with van der Waals surface area (Å²) in [6, 6.07) is 9.28. The first-order valence-corrected chi connectivity index (χ1v) is 6.82. The van der Waals surface area contributed by atoms with Crippen molar-refractivity contribution in [2.75, 3.05) is 19.6 Å². The molecule has 0 spiro atoms. The summed E-state index contributed by atoms with van der Waals surface area (Å²) < 4.78 is 5.26. The Hall–Kier alpha value is -2.19. The quantitative estimate of drug-likeness (QED) is 0.806. The van der Waals surface area contributed by atoms with Gasteiger partial charge >= 0.3 is 0 Å². The van der Waals surface area contributed by atoms with E-state index in [1.54, 1.807) is 12.1 Å². The van der Waals surface area contributed by atoms with Gasteiger partial charge in [-0.05, 0) is 31.3 Å². The molecule has 0 aliphatic heterocycles. The molecule has 104 valence electrons. The minimum absolute atomic E-state index is 0.469. The van der Waals surface area contributed by atoms with Crippen LogP contribution in [0.5, 0.6) is 0 Å². The van der Waals surface area contributed by atoms with Gasteiger partial charge in [-0.15, -0.1) is 0 Å². The zero-order valence-corrected chi connectivity index (χ0v) is 11.8. The maximum Gasteiger partial charge on any atom is 0.257 e. The van der Waals surface area contributed by atoms with Crippen LogP contribution in [0.15, 0.2) is 28.8 Å². The molecular formula is C15H18N4O. The summed E-state index contributed by atoms with van der Waals surface area (Å²) in [7, 11) is 0. The lowest BCUT2D eigenvalue weighted by Crippen LogP contribution is -2.25.